The van der Waals surface area contributed by atoms with Crippen molar-refractivity contribution in [2.45, 2.75) is 37.5 Å². The van der Waals surface area contributed by atoms with E-state index in [1.807, 2.05) is 24.3 Å². The van der Waals surface area contributed by atoms with Crippen LogP contribution < -0.4 is 4.74 Å². The first-order valence-corrected chi connectivity index (χ1v) is 8.27. The topological polar surface area (TPSA) is 47.7 Å². The molecule has 0 bridgehead atoms. The molecule has 2 aromatic heterocycles. The third kappa shape index (κ3) is 3.41. The monoisotopic (exact) mass is 314 g/mol. The Bertz CT molecular complexity index is 616. The third-order valence-corrected chi connectivity index (χ3v) is 4.69. The molecule has 122 valence electrons. The van der Waals surface area contributed by atoms with Gasteiger partial charge in [0.25, 0.3) is 0 Å². The SMILES string of the molecule is c1cncc(O[C@@H]2CO[C@]3(CCCN(Cc4ccco4)C3)C2)c1. The summed E-state index contributed by atoms with van der Waals surface area (Å²) in [6.07, 6.45) is 8.56. The summed E-state index contributed by atoms with van der Waals surface area (Å²) in [5, 5.41) is 0. The number of hydrogen-bond donors (Lipinski definition) is 0. The highest BCUT2D eigenvalue weighted by atomic mass is 16.6. The molecule has 2 atom stereocenters. The number of ether oxygens (including phenoxy) is 2. The first-order chi connectivity index (χ1) is 11.3. The molecule has 1 spiro atoms. The van der Waals surface area contributed by atoms with Gasteiger partial charge in [0.15, 0.2) is 0 Å². The van der Waals surface area contributed by atoms with Gasteiger partial charge in [0.1, 0.15) is 17.6 Å². The van der Waals surface area contributed by atoms with Crippen molar-refractivity contribution in [1.82, 2.24) is 9.88 Å². The summed E-state index contributed by atoms with van der Waals surface area (Å²) in [6, 6.07) is 7.82. The number of nitrogens with zero attached hydrogens (tertiary/aromatic N) is 2. The van der Waals surface area contributed by atoms with E-state index in [1.54, 1.807) is 18.7 Å². The van der Waals surface area contributed by atoms with E-state index in [0.29, 0.717) is 6.61 Å². The Morgan fingerprint density at radius 3 is 3.17 bits per heavy atom. The van der Waals surface area contributed by atoms with Crippen LogP contribution in [0.1, 0.15) is 25.0 Å². The molecule has 2 saturated heterocycles. The Kier molecular flexibility index (Phi) is 4.06. The molecule has 2 aromatic rings. The second-order valence-corrected chi connectivity index (χ2v) is 6.52. The Balaban J connectivity index is 1.37. The van der Waals surface area contributed by atoms with E-state index in [2.05, 4.69) is 9.88 Å². The predicted molar refractivity (Wildman–Crippen MR) is 85.2 cm³/mol. The van der Waals surface area contributed by atoms with Crippen LogP contribution in [0.4, 0.5) is 0 Å². The minimum absolute atomic E-state index is 0.0717. The van der Waals surface area contributed by atoms with Crippen LogP contribution in [0.3, 0.4) is 0 Å². The fourth-order valence-corrected chi connectivity index (χ4v) is 3.72. The van der Waals surface area contributed by atoms with Crippen LogP contribution in [0, 0.1) is 0 Å². The quantitative estimate of drug-likeness (QED) is 0.868. The number of furan rings is 1. The van der Waals surface area contributed by atoms with Crippen LogP contribution in [0.2, 0.25) is 0 Å². The Morgan fingerprint density at radius 1 is 1.35 bits per heavy atom. The standard InChI is InChI=1S/C18H22N2O3/c1-4-15(11-19-7-1)23-17-10-18(22-13-17)6-3-8-20(14-18)12-16-5-2-9-21-16/h1-2,4-5,7,9,11,17H,3,6,8,10,12-14H2/t17-,18+/m0/s1. The molecule has 0 aromatic carbocycles. The Morgan fingerprint density at radius 2 is 2.35 bits per heavy atom. The van der Waals surface area contributed by atoms with Crippen molar-refractivity contribution >= 4 is 0 Å². The van der Waals surface area contributed by atoms with E-state index >= 15 is 0 Å². The van der Waals surface area contributed by atoms with Gasteiger partial charge in [-0.3, -0.25) is 9.88 Å². The molecule has 4 heterocycles. The number of hydrogen-bond acceptors (Lipinski definition) is 5. The molecule has 2 fully saturated rings. The van der Waals surface area contributed by atoms with Crippen LogP contribution in [0.5, 0.6) is 5.75 Å². The van der Waals surface area contributed by atoms with Gasteiger partial charge in [0.05, 0.1) is 31.2 Å². The summed E-state index contributed by atoms with van der Waals surface area (Å²) in [5.74, 6) is 1.84. The van der Waals surface area contributed by atoms with Crippen LogP contribution in [0.15, 0.2) is 47.3 Å². The van der Waals surface area contributed by atoms with Crippen molar-refractivity contribution in [3.8, 4) is 5.75 Å². The summed E-state index contributed by atoms with van der Waals surface area (Å²) >= 11 is 0. The molecule has 0 N–H and O–H groups in total. The van der Waals surface area contributed by atoms with Crippen molar-refractivity contribution in [3.63, 3.8) is 0 Å². The predicted octanol–water partition coefficient (Wildman–Crippen LogP) is 2.88. The van der Waals surface area contributed by atoms with E-state index in [-0.39, 0.29) is 11.7 Å². The lowest BCUT2D eigenvalue weighted by Crippen LogP contribution is -2.47. The van der Waals surface area contributed by atoms with Crippen LogP contribution in [0.25, 0.3) is 0 Å². The molecule has 5 nitrogen and oxygen atoms in total. The molecule has 0 radical (unpaired) electrons. The summed E-state index contributed by atoms with van der Waals surface area (Å²) in [6.45, 7) is 3.55. The molecule has 0 saturated carbocycles. The number of piperidine rings is 1. The van der Waals surface area contributed by atoms with Gasteiger partial charge in [0, 0.05) is 19.2 Å². The molecule has 2 aliphatic heterocycles. The smallest absolute Gasteiger partial charge is 0.138 e. The second-order valence-electron chi connectivity index (χ2n) is 6.52. The molecular weight excluding hydrogens is 292 g/mol. The highest BCUT2D eigenvalue weighted by molar-refractivity contribution is 5.16. The van der Waals surface area contributed by atoms with Crippen molar-refractivity contribution in [1.29, 1.82) is 0 Å². The van der Waals surface area contributed by atoms with Crippen molar-refractivity contribution < 1.29 is 13.9 Å². The average Bonchev–Trinajstić information content (AvgIpc) is 3.19. The van der Waals surface area contributed by atoms with Gasteiger partial charge in [-0.25, -0.2) is 0 Å². The Labute approximate surface area is 136 Å². The lowest BCUT2D eigenvalue weighted by molar-refractivity contribution is -0.0549. The summed E-state index contributed by atoms with van der Waals surface area (Å²) in [4.78, 5) is 6.53. The molecule has 5 heteroatoms. The third-order valence-electron chi connectivity index (χ3n) is 4.69. The van der Waals surface area contributed by atoms with Gasteiger partial charge in [-0.05, 0) is 43.7 Å². The largest absolute Gasteiger partial charge is 0.486 e. The van der Waals surface area contributed by atoms with Crippen LogP contribution in [-0.4, -0.2) is 41.3 Å². The second kappa shape index (κ2) is 6.34. The zero-order valence-corrected chi connectivity index (χ0v) is 13.2. The Hall–Kier alpha value is -1.85. The van der Waals surface area contributed by atoms with E-state index in [9.17, 15) is 0 Å². The number of pyridine rings is 1. The van der Waals surface area contributed by atoms with Crippen molar-refractivity contribution in [2.75, 3.05) is 19.7 Å². The van der Waals surface area contributed by atoms with Gasteiger partial charge in [0.2, 0.25) is 0 Å². The average molecular weight is 314 g/mol. The first-order valence-electron chi connectivity index (χ1n) is 8.27. The van der Waals surface area contributed by atoms with Gasteiger partial charge in [-0.2, -0.15) is 0 Å². The summed E-state index contributed by atoms with van der Waals surface area (Å²) in [7, 11) is 0. The molecule has 4 rings (SSSR count). The normalized spacial score (nSPS) is 28.3. The zero-order chi connectivity index (χ0) is 15.5. The number of rotatable bonds is 4. The highest BCUT2D eigenvalue weighted by Gasteiger charge is 2.44. The van der Waals surface area contributed by atoms with Gasteiger partial charge in [-0.15, -0.1) is 0 Å². The molecule has 23 heavy (non-hydrogen) atoms. The van der Waals surface area contributed by atoms with E-state index in [4.69, 9.17) is 13.9 Å². The molecular formula is C18H22N2O3. The summed E-state index contributed by atoms with van der Waals surface area (Å²) < 4.78 is 17.7. The number of aromatic nitrogens is 1. The maximum Gasteiger partial charge on any atom is 0.138 e. The first kappa shape index (κ1) is 14.7. The molecule has 0 unspecified atom stereocenters. The maximum absolute atomic E-state index is 6.20. The minimum atomic E-state index is -0.0717. The highest BCUT2D eigenvalue weighted by Crippen LogP contribution is 2.36. The fraction of sp³-hybridized carbons (Fsp3) is 0.500. The molecule has 0 amide bonds. The molecule has 0 aliphatic carbocycles. The maximum atomic E-state index is 6.20. The van der Waals surface area contributed by atoms with Gasteiger partial charge < -0.3 is 13.9 Å². The van der Waals surface area contributed by atoms with Crippen LogP contribution >= 0.6 is 0 Å². The number of likely N-dealkylation sites (tertiary alicyclic amines) is 1. The van der Waals surface area contributed by atoms with Crippen molar-refractivity contribution in [3.05, 3.63) is 48.7 Å². The minimum Gasteiger partial charge on any atom is -0.486 e. The van der Waals surface area contributed by atoms with E-state index in [0.717, 1.165) is 50.4 Å². The van der Waals surface area contributed by atoms with Crippen molar-refractivity contribution in [2.24, 2.45) is 0 Å². The molecule has 2 aliphatic rings. The van der Waals surface area contributed by atoms with Crippen LogP contribution in [-0.2, 0) is 11.3 Å². The fourth-order valence-electron chi connectivity index (χ4n) is 3.72. The van der Waals surface area contributed by atoms with Gasteiger partial charge in [-0.1, -0.05) is 0 Å². The summed E-state index contributed by atoms with van der Waals surface area (Å²) in [5.41, 5.74) is -0.0717. The van der Waals surface area contributed by atoms with E-state index < -0.39 is 0 Å². The zero-order valence-electron chi connectivity index (χ0n) is 13.2. The van der Waals surface area contributed by atoms with E-state index in [1.165, 1.54) is 0 Å². The lowest BCUT2D eigenvalue weighted by atomic mass is 9.89. The van der Waals surface area contributed by atoms with Gasteiger partial charge >= 0.3 is 0 Å². The lowest BCUT2D eigenvalue weighted by Gasteiger charge is -2.39.